The molecule has 106 valence electrons. The maximum atomic E-state index is 12.3. The average molecular weight is 280 g/mol. The van der Waals surface area contributed by atoms with E-state index >= 15 is 0 Å². The van der Waals surface area contributed by atoms with Crippen LogP contribution in [0.4, 0.5) is 0 Å². The molecule has 1 amide bonds. The summed E-state index contributed by atoms with van der Waals surface area (Å²) in [4.78, 5) is 14.1. The van der Waals surface area contributed by atoms with Gasteiger partial charge in [-0.15, -0.1) is 0 Å². The van der Waals surface area contributed by atoms with E-state index in [4.69, 9.17) is 5.73 Å². The summed E-state index contributed by atoms with van der Waals surface area (Å²) in [5.74, 6) is 2.31. The van der Waals surface area contributed by atoms with Gasteiger partial charge in [-0.25, -0.2) is 0 Å². The molecule has 1 unspecified atom stereocenters. The Balaban J connectivity index is 2.59. The molecule has 1 aromatic rings. The van der Waals surface area contributed by atoms with E-state index in [1.54, 1.807) is 0 Å². The lowest BCUT2D eigenvalue weighted by molar-refractivity contribution is 0.0741. The van der Waals surface area contributed by atoms with Crippen molar-refractivity contribution in [2.24, 2.45) is 5.73 Å². The van der Waals surface area contributed by atoms with Gasteiger partial charge in [-0.1, -0.05) is 19.1 Å². The highest BCUT2D eigenvalue weighted by molar-refractivity contribution is 7.99. The van der Waals surface area contributed by atoms with Crippen molar-refractivity contribution in [2.75, 3.05) is 18.6 Å². The van der Waals surface area contributed by atoms with Crippen molar-refractivity contribution in [3.05, 3.63) is 35.4 Å². The van der Waals surface area contributed by atoms with Gasteiger partial charge in [-0.2, -0.15) is 11.8 Å². The van der Waals surface area contributed by atoms with Crippen LogP contribution in [0.5, 0.6) is 0 Å². The highest BCUT2D eigenvalue weighted by Crippen LogP contribution is 2.12. The van der Waals surface area contributed by atoms with E-state index in [2.05, 4.69) is 13.8 Å². The molecule has 1 atom stereocenters. The number of thioether (sulfide) groups is 1. The number of hydrogen-bond acceptors (Lipinski definition) is 3. The van der Waals surface area contributed by atoms with Gasteiger partial charge in [0.1, 0.15) is 0 Å². The fourth-order valence-corrected chi connectivity index (χ4v) is 2.58. The van der Waals surface area contributed by atoms with Crippen molar-refractivity contribution in [2.45, 2.75) is 32.9 Å². The lowest BCUT2D eigenvalue weighted by Crippen LogP contribution is -2.35. The van der Waals surface area contributed by atoms with Crippen LogP contribution in [-0.4, -0.2) is 35.4 Å². The molecule has 0 spiro atoms. The second kappa shape index (κ2) is 8.23. The van der Waals surface area contributed by atoms with E-state index in [1.807, 2.05) is 48.0 Å². The monoisotopic (exact) mass is 280 g/mol. The summed E-state index contributed by atoms with van der Waals surface area (Å²) in [5, 5.41) is 0. The summed E-state index contributed by atoms with van der Waals surface area (Å²) in [6, 6.07) is 7.81. The van der Waals surface area contributed by atoms with Crippen LogP contribution in [0.3, 0.4) is 0 Å². The molecular formula is C15H24N2OS. The third-order valence-electron chi connectivity index (χ3n) is 3.30. The van der Waals surface area contributed by atoms with Crippen LogP contribution in [-0.2, 0) is 6.54 Å². The van der Waals surface area contributed by atoms with Crippen molar-refractivity contribution in [1.82, 2.24) is 4.90 Å². The van der Waals surface area contributed by atoms with Gasteiger partial charge in [-0.05, 0) is 42.5 Å². The largest absolute Gasteiger partial charge is 0.339 e. The molecular weight excluding hydrogens is 256 g/mol. The molecule has 0 saturated heterocycles. The Hall–Kier alpha value is -1.00. The van der Waals surface area contributed by atoms with Crippen LogP contribution in [0.25, 0.3) is 0 Å². The quantitative estimate of drug-likeness (QED) is 0.781. The van der Waals surface area contributed by atoms with Crippen LogP contribution in [0.1, 0.15) is 36.2 Å². The number of nitrogens with zero attached hydrogens (tertiary/aromatic N) is 1. The first-order valence-electron chi connectivity index (χ1n) is 6.74. The highest BCUT2D eigenvalue weighted by Gasteiger charge is 2.16. The van der Waals surface area contributed by atoms with E-state index in [-0.39, 0.29) is 11.9 Å². The number of hydrogen-bond donors (Lipinski definition) is 1. The van der Waals surface area contributed by atoms with E-state index in [1.165, 1.54) is 0 Å². The van der Waals surface area contributed by atoms with Gasteiger partial charge >= 0.3 is 0 Å². The maximum Gasteiger partial charge on any atom is 0.253 e. The first-order chi connectivity index (χ1) is 9.10. The molecule has 0 saturated carbocycles. The van der Waals surface area contributed by atoms with Gasteiger partial charge in [0.05, 0.1) is 0 Å². The molecule has 0 heterocycles. The van der Waals surface area contributed by atoms with Crippen molar-refractivity contribution >= 4 is 17.7 Å². The highest BCUT2D eigenvalue weighted by atomic mass is 32.2. The number of rotatable bonds is 7. The Morgan fingerprint density at radius 1 is 1.37 bits per heavy atom. The van der Waals surface area contributed by atoms with Crippen LogP contribution in [0.2, 0.25) is 0 Å². The number of amides is 1. The minimum Gasteiger partial charge on any atom is -0.339 e. The van der Waals surface area contributed by atoms with Crippen LogP contribution < -0.4 is 5.73 Å². The standard InChI is InChI=1S/C15H24N2OS/c1-4-19-10-9-12(2)17(3)15(18)14-7-5-13(11-16)6-8-14/h5-8,12H,4,9-11,16H2,1-3H3. The Bertz CT molecular complexity index is 392. The predicted molar refractivity (Wildman–Crippen MR) is 83.5 cm³/mol. The molecule has 0 aliphatic rings. The smallest absolute Gasteiger partial charge is 0.253 e. The third kappa shape index (κ3) is 4.88. The zero-order valence-corrected chi connectivity index (χ0v) is 12.9. The fraction of sp³-hybridized carbons (Fsp3) is 0.533. The van der Waals surface area contributed by atoms with E-state index < -0.39 is 0 Å². The average Bonchev–Trinajstić information content (AvgIpc) is 2.46. The summed E-state index contributed by atoms with van der Waals surface area (Å²) in [7, 11) is 1.88. The number of benzene rings is 1. The summed E-state index contributed by atoms with van der Waals surface area (Å²) < 4.78 is 0. The molecule has 0 aliphatic heterocycles. The van der Waals surface area contributed by atoms with Crippen molar-refractivity contribution in [1.29, 1.82) is 0 Å². The molecule has 19 heavy (non-hydrogen) atoms. The molecule has 0 aliphatic carbocycles. The van der Waals surface area contributed by atoms with Crippen LogP contribution in [0, 0.1) is 0 Å². The van der Waals surface area contributed by atoms with Crippen molar-refractivity contribution < 1.29 is 4.79 Å². The Labute approximate surface area is 120 Å². The van der Waals surface area contributed by atoms with Crippen LogP contribution in [0.15, 0.2) is 24.3 Å². The SMILES string of the molecule is CCSCCC(C)N(C)C(=O)c1ccc(CN)cc1. The molecule has 0 bridgehead atoms. The molecule has 1 aromatic carbocycles. The first-order valence-corrected chi connectivity index (χ1v) is 7.89. The first kappa shape index (κ1) is 16.1. The van der Waals surface area contributed by atoms with E-state index in [9.17, 15) is 4.79 Å². The second-order valence-corrected chi connectivity index (χ2v) is 6.05. The normalized spacial score (nSPS) is 12.2. The van der Waals surface area contributed by atoms with Gasteiger partial charge in [0.25, 0.3) is 5.91 Å². The molecule has 2 N–H and O–H groups in total. The molecule has 0 fully saturated rings. The van der Waals surface area contributed by atoms with Crippen molar-refractivity contribution in [3.63, 3.8) is 0 Å². The topological polar surface area (TPSA) is 46.3 Å². The second-order valence-electron chi connectivity index (χ2n) is 4.65. The van der Waals surface area contributed by atoms with Gasteiger partial charge in [-0.3, -0.25) is 4.79 Å². The lowest BCUT2D eigenvalue weighted by Gasteiger charge is -2.25. The van der Waals surface area contributed by atoms with Gasteiger partial charge in [0.2, 0.25) is 0 Å². The summed E-state index contributed by atoms with van der Waals surface area (Å²) in [5.41, 5.74) is 7.33. The molecule has 3 nitrogen and oxygen atoms in total. The number of carbonyl (C=O) groups is 1. The Morgan fingerprint density at radius 2 is 2.00 bits per heavy atom. The van der Waals surface area contributed by atoms with Gasteiger partial charge in [0, 0.05) is 25.2 Å². The summed E-state index contributed by atoms with van der Waals surface area (Å²) in [6.07, 6.45) is 1.03. The van der Waals surface area contributed by atoms with E-state index in [0.717, 1.165) is 29.1 Å². The molecule has 1 rings (SSSR count). The van der Waals surface area contributed by atoms with Crippen LogP contribution >= 0.6 is 11.8 Å². The predicted octanol–water partition coefficient (Wildman–Crippen LogP) is 2.75. The number of nitrogens with two attached hydrogens (primary N) is 1. The van der Waals surface area contributed by atoms with E-state index in [0.29, 0.717) is 6.54 Å². The molecule has 4 heteroatoms. The summed E-state index contributed by atoms with van der Waals surface area (Å²) in [6.45, 7) is 4.76. The Kier molecular flexibility index (Phi) is 6.95. The lowest BCUT2D eigenvalue weighted by atomic mass is 10.1. The zero-order chi connectivity index (χ0) is 14.3. The Morgan fingerprint density at radius 3 is 2.53 bits per heavy atom. The maximum absolute atomic E-state index is 12.3. The van der Waals surface area contributed by atoms with Gasteiger partial charge < -0.3 is 10.6 Å². The number of carbonyl (C=O) groups excluding carboxylic acids is 1. The molecule has 0 aromatic heterocycles. The molecule has 0 radical (unpaired) electrons. The van der Waals surface area contributed by atoms with Gasteiger partial charge in [0.15, 0.2) is 0 Å². The minimum absolute atomic E-state index is 0.0811. The minimum atomic E-state index is 0.0811. The fourth-order valence-electron chi connectivity index (χ4n) is 1.78. The summed E-state index contributed by atoms with van der Waals surface area (Å²) >= 11 is 1.91. The zero-order valence-electron chi connectivity index (χ0n) is 12.1. The third-order valence-corrected chi connectivity index (χ3v) is 4.23. The van der Waals surface area contributed by atoms with Crippen molar-refractivity contribution in [3.8, 4) is 0 Å².